The maximum absolute atomic E-state index is 10.5. The van der Waals surface area contributed by atoms with E-state index in [-0.39, 0.29) is 5.75 Å². The molecule has 1 aromatic heterocycles. The second-order valence-corrected chi connectivity index (χ2v) is 4.96. The molecular formula is C10H14N2O2S. The van der Waals surface area contributed by atoms with Gasteiger partial charge in [-0.1, -0.05) is 18.7 Å². The second kappa shape index (κ2) is 3.89. The van der Waals surface area contributed by atoms with Gasteiger partial charge < -0.3 is 9.67 Å². The molecule has 1 aromatic rings. The van der Waals surface area contributed by atoms with Crippen LogP contribution in [0, 0.1) is 12.8 Å². The maximum atomic E-state index is 10.5. The average Bonchev–Trinajstić information content (AvgIpc) is 2.74. The number of carbonyl (C=O) groups is 1. The van der Waals surface area contributed by atoms with Crippen molar-refractivity contribution in [3.05, 3.63) is 11.9 Å². The molecule has 0 aromatic carbocycles. The monoisotopic (exact) mass is 226 g/mol. The van der Waals surface area contributed by atoms with Crippen molar-refractivity contribution in [1.82, 2.24) is 9.55 Å². The highest BCUT2D eigenvalue weighted by atomic mass is 32.2. The van der Waals surface area contributed by atoms with E-state index in [0.717, 1.165) is 10.9 Å². The first-order chi connectivity index (χ1) is 7.09. The molecule has 1 fully saturated rings. The van der Waals surface area contributed by atoms with Crippen LogP contribution in [0.4, 0.5) is 0 Å². The van der Waals surface area contributed by atoms with Crippen LogP contribution in [0.5, 0.6) is 0 Å². The Morgan fingerprint density at radius 2 is 2.47 bits per heavy atom. The van der Waals surface area contributed by atoms with Crippen molar-refractivity contribution < 1.29 is 9.90 Å². The zero-order valence-corrected chi connectivity index (χ0v) is 9.62. The number of imidazole rings is 1. The summed E-state index contributed by atoms with van der Waals surface area (Å²) < 4.78 is 2.16. The fourth-order valence-electron chi connectivity index (χ4n) is 1.72. The Bertz CT molecular complexity index is 389. The zero-order chi connectivity index (χ0) is 11.0. The van der Waals surface area contributed by atoms with Crippen LogP contribution in [0.1, 0.15) is 25.1 Å². The predicted molar refractivity (Wildman–Crippen MR) is 58.1 cm³/mol. The van der Waals surface area contributed by atoms with Crippen molar-refractivity contribution in [3.63, 3.8) is 0 Å². The molecule has 1 N–H and O–H groups in total. The molecule has 2 atom stereocenters. The lowest BCUT2D eigenvalue weighted by atomic mass is 10.4. The molecule has 82 valence electrons. The summed E-state index contributed by atoms with van der Waals surface area (Å²) in [7, 11) is 0. The molecule has 1 saturated carbocycles. The first-order valence-corrected chi connectivity index (χ1v) is 5.96. The van der Waals surface area contributed by atoms with Gasteiger partial charge in [0.05, 0.1) is 5.75 Å². The summed E-state index contributed by atoms with van der Waals surface area (Å²) in [5.74, 6) is -0.0180. The molecule has 5 heteroatoms. The molecule has 0 saturated heterocycles. The fraction of sp³-hybridized carbons (Fsp3) is 0.600. The first kappa shape index (κ1) is 10.5. The van der Waals surface area contributed by atoms with Crippen LogP contribution in [0.2, 0.25) is 0 Å². The number of rotatable bonds is 4. The standard InChI is InChI=1S/C10H14N2O2S/c1-6-3-8(6)12-7(2)4-11-10(12)15-5-9(13)14/h4,6,8H,3,5H2,1-2H3,(H,13,14). The lowest BCUT2D eigenvalue weighted by Crippen LogP contribution is -2.03. The predicted octanol–water partition coefficient (Wildman–Crippen LogP) is 1.95. The van der Waals surface area contributed by atoms with E-state index in [1.807, 2.05) is 13.1 Å². The van der Waals surface area contributed by atoms with Gasteiger partial charge in [0, 0.05) is 17.9 Å². The number of carboxylic acid groups (broad SMARTS) is 1. The number of carboxylic acids is 1. The normalized spacial score (nSPS) is 24.1. The fourth-order valence-corrected chi connectivity index (χ4v) is 2.52. The Morgan fingerprint density at radius 1 is 1.80 bits per heavy atom. The van der Waals surface area contributed by atoms with Crippen LogP contribution in [-0.2, 0) is 4.79 Å². The summed E-state index contributed by atoms with van der Waals surface area (Å²) in [6.07, 6.45) is 2.99. The third-order valence-corrected chi connectivity index (χ3v) is 3.62. The van der Waals surface area contributed by atoms with Crippen molar-refractivity contribution in [1.29, 1.82) is 0 Å². The minimum absolute atomic E-state index is 0.0809. The summed E-state index contributed by atoms with van der Waals surface area (Å²) in [6, 6.07) is 0.531. The van der Waals surface area contributed by atoms with E-state index in [0.29, 0.717) is 12.0 Å². The number of nitrogens with zero attached hydrogens (tertiary/aromatic N) is 2. The number of aliphatic carboxylic acids is 1. The molecule has 1 aliphatic rings. The molecule has 0 bridgehead atoms. The summed E-state index contributed by atoms with van der Waals surface area (Å²) in [6.45, 7) is 4.22. The third kappa shape index (κ3) is 2.17. The van der Waals surface area contributed by atoms with Gasteiger partial charge in [-0.25, -0.2) is 4.98 Å². The summed E-state index contributed by atoms with van der Waals surface area (Å²) >= 11 is 1.30. The Hall–Kier alpha value is -0.970. The number of aryl methyl sites for hydroxylation is 1. The molecule has 1 aliphatic carbocycles. The minimum atomic E-state index is -0.795. The smallest absolute Gasteiger partial charge is 0.313 e. The molecule has 2 rings (SSSR count). The second-order valence-electron chi connectivity index (χ2n) is 4.01. The largest absolute Gasteiger partial charge is 0.481 e. The van der Waals surface area contributed by atoms with Crippen LogP contribution >= 0.6 is 11.8 Å². The lowest BCUT2D eigenvalue weighted by Gasteiger charge is -2.07. The third-order valence-electron chi connectivity index (χ3n) is 2.67. The van der Waals surface area contributed by atoms with Crippen molar-refractivity contribution in [2.24, 2.45) is 5.92 Å². The van der Waals surface area contributed by atoms with E-state index >= 15 is 0 Å². The van der Waals surface area contributed by atoms with Gasteiger partial charge in [0.1, 0.15) is 0 Å². The highest BCUT2D eigenvalue weighted by Gasteiger charge is 2.36. The van der Waals surface area contributed by atoms with E-state index < -0.39 is 5.97 Å². The summed E-state index contributed by atoms with van der Waals surface area (Å²) in [4.78, 5) is 14.7. The van der Waals surface area contributed by atoms with E-state index in [1.54, 1.807) is 0 Å². The number of hydrogen-bond acceptors (Lipinski definition) is 3. The van der Waals surface area contributed by atoms with Crippen LogP contribution in [0.3, 0.4) is 0 Å². The number of aromatic nitrogens is 2. The van der Waals surface area contributed by atoms with Gasteiger partial charge in [0.25, 0.3) is 0 Å². The molecule has 15 heavy (non-hydrogen) atoms. The SMILES string of the molecule is Cc1cnc(SCC(=O)O)n1C1CC1C. The average molecular weight is 226 g/mol. The van der Waals surface area contributed by atoms with Crippen molar-refractivity contribution in [2.45, 2.75) is 31.5 Å². The molecule has 2 unspecified atom stereocenters. The maximum Gasteiger partial charge on any atom is 0.313 e. The van der Waals surface area contributed by atoms with Crippen LogP contribution in [0.15, 0.2) is 11.4 Å². The lowest BCUT2D eigenvalue weighted by molar-refractivity contribution is -0.133. The van der Waals surface area contributed by atoms with Gasteiger partial charge in [-0.05, 0) is 19.3 Å². The van der Waals surface area contributed by atoms with Crippen LogP contribution in [-0.4, -0.2) is 26.4 Å². The van der Waals surface area contributed by atoms with Gasteiger partial charge in [-0.3, -0.25) is 4.79 Å². The Balaban J connectivity index is 2.13. The molecule has 0 radical (unpaired) electrons. The Labute approximate surface area is 92.7 Å². The van der Waals surface area contributed by atoms with Crippen molar-refractivity contribution in [2.75, 3.05) is 5.75 Å². The molecule has 1 heterocycles. The molecule has 0 spiro atoms. The molecular weight excluding hydrogens is 212 g/mol. The minimum Gasteiger partial charge on any atom is -0.481 e. The van der Waals surface area contributed by atoms with Gasteiger partial charge in [-0.2, -0.15) is 0 Å². The Kier molecular flexibility index (Phi) is 2.73. The molecule has 0 aliphatic heterocycles. The van der Waals surface area contributed by atoms with E-state index in [1.165, 1.54) is 18.2 Å². The van der Waals surface area contributed by atoms with E-state index in [9.17, 15) is 4.79 Å². The quantitative estimate of drug-likeness (QED) is 0.797. The van der Waals surface area contributed by atoms with E-state index in [2.05, 4.69) is 16.5 Å². The first-order valence-electron chi connectivity index (χ1n) is 4.98. The number of hydrogen-bond donors (Lipinski definition) is 1. The van der Waals surface area contributed by atoms with Crippen molar-refractivity contribution >= 4 is 17.7 Å². The summed E-state index contributed by atoms with van der Waals surface area (Å²) in [5.41, 5.74) is 1.12. The van der Waals surface area contributed by atoms with Crippen LogP contribution in [0.25, 0.3) is 0 Å². The number of thioether (sulfide) groups is 1. The zero-order valence-electron chi connectivity index (χ0n) is 8.80. The van der Waals surface area contributed by atoms with Gasteiger partial charge in [-0.15, -0.1) is 0 Å². The molecule has 4 nitrogen and oxygen atoms in total. The topological polar surface area (TPSA) is 55.1 Å². The van der Waals surface area contributed by atoms with E-state index in [4.69, 9.17) is 5.11 Å². The van der Waals surface area contributed by atoms with Gasteiger partial charge in [0.15, 0.2) is 5.16 Å². The van der Waals surface area contributed by atoms with Crippen LogP contribution < -0.4 is 0 Å². The van der Waals surface area contributed by atoms with Gasteiger partial charge in [0.2, 0.25) is 0 Å². The highest BCUT2D eigenvalue weighted by Crippen LogP contribution is 2.45. The Morgan fingerprint density at radius 3 is 3.00 bits per heavy atom. The molecule has 0 amide bonds. The summed E-state index contributed by atoms with van der Waals surface area (Å²) in [5, 5.41) is 9.46. The van der Waals surface area contributed by atoms with Gasteiger partial charge >= 0.3 is 5.97 Å². The highest BCUT2D eigenvalue weighted by molar-refractivity contribution is 7.99. The van der Waals surface area contributed by atoms with Crippen molar-refractivity contribution in [3.8, 4) is 0 Å².